The Morgan fingerprint density at radius 3 is 2.46 bits per heavy atom. The molecule has 24 heavy (non-hydrogen) atoms. The fourth-order valence-electron chi connectivity index (χ4n) is 1.60. The Hall–Kier alpha value is -1.78. The van der Waals surface area contributed by atoms with Crippen LogP contribution in [0.25, 0.3) is 0 Å². The van der Waals surface area contributed by atoms with E-state index in [1.165, 1.54) is 40.9 Å². The van der Waals surface area contributed by atoms with E-state index in [1.807, 2.05) is 0 Å². The fraction of sp³-hybridized carbons (Fsp3) is 0.429. The summed E-state index contributed by atoms with van der Waals surface area (Å²) in [6.07, 6.45) is -0.0788. The van der Waals surface area contributed by atoms with Gasteiger partial charge in [-0.15, -0.1) is 11.8 Å². The highest BCUT2D eigenvalue weighted by Crippen LogP contribution is 2.15. The van der Waals surface area contributed by atoms with Gasteiger partial charge in [0.1, 0.15) is 5.75 Å². The summed E-state index contributed by atoms with van der Waals surface area (Å²) in [5.41, 5.74) is 0. The minimum absolute atomic E-state index is 0.0132. The number of thioether (sulfide) groups is 1. The molecule has 0 fully saturated rings. The van der Waals surface area contributed by atoms with Crippen molar-refractivity contribution in [3.63, 3.8) is 0 Å². The summed E-state index contributed by atoms with van der Waals surface area (Å²) in [5, 5.41) is 13.6. The molecule has 0 aromatic heterocycles. The molecular weight excluding hydrogens is 356 g/mol. The number of primary sulfonamides is 1. The average molecular weight is 376 g/mol. The van der Waals surface area contributed by atoms with Crippen molar-refractivity contribution < 1.29 is 27.9 Å². The van der Waals surface area contributed by atoms with Gasteiger partial charge in [-0.2, -0.15) is 0 Å². The number of hydrogen-bond acceptors (Lipinski definition) is 6. The van der Waals surface area contributed by atoms with E-state index < -0.39 is 16.0 Å². The number of aliphatic carboxylic acids is 1. The first-order valence-electron chi connectivity index (χ1n) is 6.99. The smallest absolute Gasteiger partial charge is 0.305 e. The van der Waals surface area contributed by atoms with Crippen molar-refractivity contribution in [1.82, 2.24) is 4.90 Å². The largest absolute Gasteiger partial charge is 0.493 e. The number of carboxylic acids is 1. The molecule has 0 aliphatic rings. The van der Waals surface area contributed by atoms with Gasteiger partial charge in [-0.05, 0) is 24.3 Å². The number of carbonyl (C=O) groups excluding carboxylic acids is 1. The second-order valence-electron chi connectivity index (χ2n) is 4.88. The van der Waals surface area contributed by atoms with Crippen molar-refractivity contribution >= 4 is 33.7 Å². The quantitative estimate of drug-likeness (QED) is 0.565. The molecule has 3 N–H and O–H groups in total. The Morgan fingerprint density at radius 1 is 1.29 bits per heavy atom. The van der Waals surface area contributed by atoms with Crippen LogP contribution in [0.4, 0.5) is 0 Å². The summed E-state index contributed by atoms with van der Waals surface area (Å²) in [7, 11) is -2.15. The molecule has 1 aromatic rings. The first-order chi connectivity index (χ1) is 11.2. The summed E-state index contributed by atoms with van der Waals surface area (Å²) < 4.78 is 27.7. The van der Waals surface area contributed by atoms with Gasteiger partial charge in [0.05, 0.1) is 23.7 Å². The highest BCUT2D eigenvalue weighted by atomic mass is 32.2. The first kappa shape index (κ1) is 20.3. The molecule has 0 radical (unpaired) electrons. The number of sulfonamides is 1. The highest BCUT2D eigenvalue weighted by molar-refractivity contribution is 7.99. The molecule has 1 rings (SSSR count). The van der Waals surface area contributed by atoms with Gasteiger partial charge >= 0.3 is 5.97 Å². The van der Waals surface area contributed by atoms with E-state index in [0.717, 1.165) is 0 Å². The van der Waals surface area contributed by atoms with Gasteiger partial charge < -0.3 is 14.7 Å². The Balaban J connectivity index is 2.24. The van der Waals surface area contributed by atoms with E-state index in [4.69, 9.17) is 15.0 Å². The Morgan fingerprint density at radius 2 is 1.92 bits per heavy atom. The van der Waals surface area contributed by atoms with Crippen LogP contribution in [-0.2, 0) is 19.6 Å². The van der Waals surface area contributed by atoms with Crippen molar-refractivity contribution in [2.45, 2.75) is 11.3 Å². The van der Waals surface area contributed by atoms with E-state index in [0.29, 0.717) is 18.1 Å². The number of nitrogens with zero attached hydrogens (tertiary/aromatic N) is 1. The van der Waals surface area contributed by atoms with Crippen molar-refractivity contribution in [3.05, 3.63) is 24.3 Å². The zero-order valence-electron chi connectivity index (χ0n) is 13.2. The second kappa shape index (κ2) is 9.50. The van der Waals surface area contributed by atoms with Crippen molar-refractivity contribution in [2.24, 2.45) is 5.14 Å². The zero-order valence-corrected chi connectivity index (χ0v) is 14.8. The maximum atomic E-state index is 11.7. The molecule has 0 saturated carbocycles. The topological polar surface area (TPSA) is 127 Å². The lowest BCUT2D eigenvalue weighted by Gasteiger charge is -2.15. The molecule has 0 saturated heterocycles. The molecule has 0 bridgehead atoms. The molecular formula is C14H20N2O6S2. The van der Waals surface area contributed by atoms with Crippen molar-refractivity contribution in [3.8, 4) is 5.75 Å². The van der Waals surface area contributed by atoms with Crippen LogP contribution in [0, 0.1) is 0 Å². The van der Waals surface area contributed by atoms with Crippen molar-refractivity contribution in [1.29, 1.82) is 0 Å². The van der Waals surface area contributed by atoms with Crippen LogP contribution in [-0.4, -0.2) is 62.0 Å². The van der Waals surface area contributed by atoms with Gasteiger partial charge in [0.15, 0.2) is 0 Å². The molecule has 0 aliphatic carbocycles. The summed E-state index contributed by atoms with van der Waals surface area (Å²) in [6, 6.07) is 5.74. The predicted molar refractivity (Wildman–Crippen MR) is 90.5 cm³/mol. The lowest BCUT2D eigenvalue weighted by Crippen LogP contribution is -2.30. The molecule has 0 spiro atoms. The van der Waals surface area contributed by atoms with Gasteiger partial charge in [-0.3, -0.25) is 9.59 Å². The summed E-state index contributed by atoms with van der Waals surface area (Å²) in [6.45, 7) is 0.535. The summed E-state index contributed by atoms with van der Waals surface area (Å²) in [5.74, 6) is 0.232. The molecule has 1 aromatic carbocycles. The van der Waals surface area contributed by atoms with Gasteiger partial charge in [0.2, 0.25) is 15.9 Å². The number of amides is 1. The Kier molecular flexibility index (Phi) is 8.02. The van der Waals surface area contributed by atoms with Crippen LogP contribution in [0.1, 0.15) is 6.42 Å². The number of carboxylic acid groups (broad SMARTS) is 1. The maximum absolute atomic E-state index is 11.7. The van der Waals surface area contributed by atoms with E-state index in [-0.39, 0.29) is 29.5 Å². The third-order valence-corrected chi connectivity index (χ3v) is 4.80. The van der Waals surface area contributed by atoms with E-state index in [1.54, 1.807) is 7.05 Å². The summed E-state index contributed by atoms with van der Waals surface area (Å²) >= 11 is 1.37. The molecule has 0 aliphatic heterocycles. The standard InChI is InChI=1S/C14H20N2O6S2/c1-16(7-6-14(18)19)13(17)10-23-9-8-22-11-2-4-12(5-3-11)24(15,20)21/h2-5H,6-10H2,1H3,(H,18,19)(H2,15,20,21). The second-order valence-corrected chi connectivity index (χ2v) is 7.54. The lowest BCUT2D eigenvalue weighted by atomic mass is 10.3. The number of ether oxygens (including phenoxy) is 1. The Bertz CT molecular complexity index is 660. The fourth-order valence-corrected chi connectivity index (χ4v) is 2.86. The molecule has 0 atom stereocenters. The van der Waals surface area contributed by atoms with Gasteiger partial charge in [-0.1, -0.05) is 0 Å². The van der Waals surface area contributed by atoms with E-state index in [9.17, 15) is 18.0 Å². The van der Waals surface area contributed by atoms with Crippen molar-refractivity contribution in [2.75, 3.05) is 31.7 Å². The van der Waals surface area contributed by atoms with Gasteiger partial charge in [0, 0.05) is 19.3 Å². The SMILES string of the molecule is CN(CCC(=O)O)C(=O)CSCCOc1ccc(S(N)(=O)=O)cc1. The molecule has 8 nitrogen and oxygen atoms in total. The lowest BCUT2D eigenvalue weighted by molar-refractivity contribution is -0.137. The van der Waals surface area contributed by atoms with Gasteiger partial charge in [0.25, 0.3) is 0 Å². The molecule has 0 unspecified atom stereocenters. The first-order valence-corrected chi connectivity index (χ1v) is 9.69. The molecule has 1 amide bonds. The Labute approximate surface area is 145 Å². The van der Waals surface area contributed by atoms with Crippen LogP contribution < -0.4 is 9.88 Å². The number of rotatable bonds is 10. The van der Waals surface area contributed by atoms with E-state index >= 15 is 0 Å². The maximum Gasteiger partial charge on any atom is 0.305 e. The zero-order chi connectivity index (χ0) is 18.2. The number of hydrogen-bond donors (Lipinski definition) is 2. The normalized spacial score (nSPS) is 11.1. The van der Waals surface area contributed by atoms with Crippen LogP contribution >= 0.6 is 11.8 Å². The van der Waals surface area contributed by atoms with Gasteiger partial charge in [-0.25, -0.2) is 13.6 Å². The van der Waals surface area contributed by atoms with Crippen LogP contribution in [0.2, 0.25) is 0 Å². The summed E-state index contributed by atoms with van der Waals surface area (Å²) in [4.78, 5) is 23.6. The monoisotopic (exact) mass is 376 g/mol. The third kappa shape index (κ3) is 7.66. The number of nitrogens with two attached hydrogens (primary N) is 1. The average Bonchev–Trinajstić information content (AvgIpc) is 2.51. The molecule has 134 valence electrons. The predicted octanol–water partition coefficient (Wildman–Crippen LogP) is 0.379. The molecule has 10 heteroatoms. The minimum Gasteiger partial charge on any atom is -0.493 e. The van der Waals surface area contributed by atoms with Crippen LogP contribution in [0.5, 0.6) is 5.75 Å². The minimum atomic E-state index is -3.72. The third-order valence-electron chi connectivity index (χ3n) is 2.96. The molecule has 0 heterocycles. The number of benzene rings is 1. The van der Waals surface area contributed by atoms with E-state index in [2.05, 4.69) is 0 Å². The highest BCUT2D eigenvalue weighted by Gasteiger charge is 2.10. The van der Waals surface area contributed by atoms with Crippen LogP contribution in [0.15, 0.2) is 29.2 Å². The van der Waals surface area contributed by atoms with Crippen LogP contribution in [0.3, 0.4) is 0 Å². The number of carbonyl (C=O) groups is 2.